The molecule has 2 heterocycles. The van der Waals surface area contributed by atoms with Gasteiger partial charge in [-0.15, -0.1) is 0 Å². The van der Waals surface area contributed by atoms with Crippen LogP contribution in [0.15, 0.2) is 42.7 Å². The molecule has 1 aromatic heterocycles. The predicted octanol–water partition coefficient (Wildman–Crippen LogP) is 2.82. The van der Waals surface area contributed by atoms with E-state index in [4.69, 9.17) is 11.6 Å². The molecule has 1 aromatic carbocycles. The number of amides is 2. The van der Waals surface area contributed by atoms with Gasteiger partial charge in [-0.2, -0.15) is 5.10 Å². The first kappa shape index (κ1) is 23.3. The van der Waals surface area contributed by atoms with Gasteiger partial charge in [-0.05, 0) is 36.1 Å². The lowest BCUT2D eigenvalue weighted by Gasteiger charge is -2.51. The Balaban J connectivity index is 1.72. The summed E-state index contributed by atoms with van der Waals surface area (Å²) in [6.07, 6.45) is 3.71. The lowest BCUT2D eigenvalue weighted by Crippen LogP contribution is -2.60. The van der Waals surface area contributed by atoms with Gasteiger partial charge in [-0.3, -0.25) is 14.3 Å². The maximum Gasteiger partial charge on any atom is 0.245 e. The van der Waals surface area contributed by atoms with Crippen molar-refractivity contribution in [2.24, 2.45) is 11.3 Å². The van der Waals surface area contributed by atoms with E-state index in [2.05, 4.69) is 10.4 Å². The number of piperidine rings is 1. The number of likely N-dealkylation sites (tertiary alicyclic amines) is 1. The number of hydrogen-bond acceptors (Lipinski definition) is 4. The topological polar surface area (TPSA) is 87.5 Å². The zero-order chi connectivity index (χ0) is 22.8. The van der Waals surface area contributed by atoms with Gasteiger partial charge < -0.3 is 15.3 Å². The molecular formula is C23H31ClN4O3. The summed E-state index contributed by atoms with van der Waals surface area (Å²) in [5.74, 6) is -0.464. The van der Waals surface area contributed by atoms with Crippen LogP contribution >= 0.6 is 11.6 Å². The molecule has 0 spiro atoms. The number of rotatable bonds is 6. The summed E-state index contributed by atoms with van der Waals surface area (Å²) >= 11 is 6.01. The normalized spacial score (nSPS) is 21.7. The molecule has 0 radical (unpaired) electrons. The van der Waals surface area contributed by atoms with Crippen molar-refractivity contribution in [3.05, 3.63) is 53.3 Å². The second kappa shape index (κ2) is 9.01. The highest BCUT2D eigenvalue weighted by Crippen LogP contribution is 2.46. The summed E-state index contributed by atoms with van der Waals surface area (Å²) in [5, 5.41) is 19.1. The maximum absolute atomic E-state index is 13.3. The molecule has 1 saturated heterocycles. The molecule has 0 saturated carbocycles. The molecule has 2 aromatic rings. The Bertz CT molecular complexity index is 911. The number of aromatic nitrogens is 2. The van der Waals surface area contributed by atoms with Crippen molar-refractivity contribution in [3.8, 4) is 0 Å². The standard InChI is InChI=1S/C23H31ClN4O3/c1-16(2)20(26-19(29)14-28-12-5-11-25-28)21(30)27-13-10-23(31,22(3,4)15-27)17-6-8-18(24)9-7-17/h5-9,11-12,16,20,31H,10,13-15H2,1-4H3,(H,26,29)/t20-,23+/m1/s1. The highest BCUT2D eigenvalue weighted by atomic mass is 35.5. The molecule has 3 rings (SSSR count). The van der Waals surface area contributed by atoms with Crippen LogP contribution in [-0.4, -0.2) is 50.7 Å². The zero-order valence-electron chi connectivity index (χ0n) is 18.5. The van der Waals surface area contributed by atoms with Crippen molar-refractivity contribution < 1.29 is 14.7 Å². The van der Waals surface area contributed by atoms with Gasteiger partial charge in [0, 0.05) is 35.9 Å². The lowest BCUT2D eigenvalue weighted by molar-refractivity contribution is -0.156. The third kappa shape index (κ3) is 4.93. The molecule has 8 heteroatoms. The lowest BCUT2D eigenvalue weighted by atomic mass is 9.66. The fraction of sp³-hybridized carbons (Fsp3) is 0.522. The Kier molecular flexibility index (Phi) is 6.76. The number of carbonyl (C=O) groups is 2. The third-order valence-electron chi connectivity index (χ3n) is 6.20. The highest BCUT2D eigenvalue weighted by molar-refractivity contribution is 6.30. The minimum atomic E-state index is -1.08. The van der Waals surface area contributed by atoms with Gasteiger partial charge in [0.25, 0.3) is 0 Å². The molecule has 31 heavy (non-hydrogen) atoms. The van der Waals surface area contributed by atoms with E-state index in [0.29, 0.717) is 24.5 Å². The molecule has 0 aliphatic carbocycles. The van der Waals surface area contributed by atoms with Gasteiger partial charge in [0.2, 0.25) is 11.8 Å². The monoisotopic (exact) mass is 446 g/mol. The van der Waals surface area contributed by atoms with E-state index in [0.717, 1.165) is 5.56 Å². The van der Waals surface area contributed by atoms with E-state index in [1.807, 2.05) is 39.8 Å². The largest absolute Gasteiger partial charge is 0.384 e. The Morgan fingerprint density at radius 2 is 1.94 bits per heavy atom. The summed E-state index contributed by atoms with van der Waals surface area (Å²) < 4.78 is 1.52. The maximum atomic E-state index is 13.3. The summed E-state index contributed by atoms with van der Waals surface area (Å²) in [4.78, 5) is 27.6. The van der Waals surface area contributed by atoms with Gasteiger partial charge in [0.15, 0.2) is 0 Å². The molecule has 168 valence electrons. The van der Waals surface area contributed by atoms with Crippen molar-refractivity contribution in [1.29, 1.82) is 0 Å². The third-order valence-corrected chi connectivity index (χ3v) is 6.45. The summed E-state index contributed by atoms with van der Waals surface area (Å²) in [6, 6.07) is 8.33. The summed E-state index contributed by atoms with van der Waals surface area (Å²) in [5.41, 5.74) is -0.873. The van der Waals surface area contributed by atoms with Crippen LogP contribution in [-0.2, 0) is 21.7 Å². The summed E-state index contributed by atoms with van der Waals surface area (Å²) in [6.45, 7) is 8.59. The molecule has 2 N–H and O–H groups in total. The van der Waals surface area contributed by atoms with Crippen molar-refractivity contribution in [1.82, 2.24) is 20.0 Å². The van der Waals surface area contributed by atoms with E-state index in [-0.39, 0.29) is 24.3 Å². The number of benzene rings is 1. The minimum Gasteiger partial charge on any atom is -0.384 e. The van der Waals surface area contributed by atoms with Crippen LogP contribution in [0.4, 0.5) is 0 Å². The number of hydrogen-bond donors (Lipinski definition) is 2. The minimum absolute atomic E-state index is 0.0608. The van der Waals surface area contributed by atoms with Crippen molar-refractivity contribution >= 4 is 23.4 Å². The molecule has 1 aliphatic heterocycles. The van der Waals surface area contributed by atoms with Crippen LogP contribution in [0.3, 0.4) is 0 Å². The van der Waals surface area contributed by atoms with E-state index in [1.165, 1.54) is 4.68 Å². The Morgan fingerprint density at radius 1 is 1.26 bits per heavy atom. The molecule has 0 unspecified atom stereocenters. The average molecular weight is 447 g/mol. The molecule has 1 fully saturated rings. The zero-order valence-corrected chi connectivity index (χ0v) is 19.3. The fourth-order valence-corrected chi connectivity index (χ4v) is 4.37. The number of nitrogens with zero attached hydrogens (tertiary/aromatic N) is 3. The van der Waals surface area contributed by atoms with Crippen molar-refractivity contribution in [2.45, 2.75) is 52.3 Å². The van der Waals surface area contributed by atoms with Crippen molar-refractivity contribution in [3.63, 3.8) is 0 Å². The quantitative estimate of drug-likeness (QED) is 0.714. The predicted molar refractivity (Wildman–Crippen MR) is 119 cm³/mol. The molecule has 1 aliphatic rings. The van der Waals surface area contributed by atoms with Crippen LogP contribution in [0, 0.1) is 11.3 Å². The van der Waals surface area contributed by atoms with Gasteiger partial charge in [0.05, 0.1) is 5.60 Å². The second-order valence-electron chi connectivity index (χ2n) is 9.25. The number of halogens is 1. The van der Waals surface area contributed by atoms with E-state index >= 15 is 0 Å². The molecule has 0 bridgehead atoms. The highest BCUT2D eigenvalue weighted by Gasteiger charge is 2.50. The molecule has 2 atom stereocenters. The number of aliphatic hydroxyl groups is 1. The Hall–Kier alpha value is -2.38. The van der Waals surface area contributed by atoms with Crippen molar-refractivity contribution in [2.75, 3.05) is 13.1 Å². The first-order chi connectivity index (χ1) is 14.5. The number of nitrogens with one attached hydrogen (secondary N) is 1. The Labute approximate surface area is 188 Å². The van der Waals surface area contributed by atoms with Gasteiger partial charge >= 0.3 is 0 Å². The average Bonchev–Trinajstić information content (AvgIpc) is 3.21. The molecule has 7 nitrogen and oxygen atoms in total. The van der Waals surface area contributed by atoms with Gasteiger partial charge in [-0.25, -0.2) is 0 Å². The van der Waals surface area contributed by atoms with Crippen LogP contribution < -0.4 is 5.32 Å². The fourth-order valence-electron chi connectivity index (χ4n) is 4.24. The summed E-state index contributed by atoms with van der Waals surface area (Å²) in [7, 11) is 0. The van der Waals surface area contributed by atoms with E-state index in [1.54, 1.807) is 35.5 Å². The molecular weight excluding hydrogens is 416 g/mol. The second-order valence-corrected chi connectivity index (χ2v) is 9.69. The van der Waals surface area contributed by atoms with E-state index in [9.17, 15) is 14.7 Å². The van der Waals surface area contributed by atoms with Crippen LogP contribution in [0.5, 0.6) is 0 Å². The van der Waals surface area contributed by atoms with Gasteiger partial charge in [0.1, 0.15) is 12.6 Å². The molecule has 2 amide bonds. The first-order valence-corrected chi connectivity index (χ1v) is 11.0. The van der Waals surface area contributed by atoms with E-state index < -0.39 is 17.1 Å². The van der Waals surface area contributed by atoms with Gasteiger partial charge in [-0.1, -0.05) is 51.4 Å². The van der Waals surface area contributed by atoms with Crippen LogP contribution in [0.25, 0.3) is 0 Å². The smallest absolute Gasteiger partial charge is 0.245 e. The SMILES string of the molecule is CC(C)[C@@H](NC(=O)Cn1cccn1)C(=O)N1CC[C@](O)(c2ccc(Cl)cc2)C(C)(C)C1. The first-order valence-electron chi connectivity index (χ1n) is 10.6. The van der Waals surface area contributed by atoms with Crippen LogP contribution in [0.1, 0.15) is 39.7 Å². The number of carbonyl (C=O) groups excluding carboxylic acids is 2. The Morgan fingerprint density at radius 3 is 2.48 bits per heavy atom. The van der Waals surface area contributed by atoms with Crippen LogP contribution in [0.2, 0.25) is 5.02 Å².